The Morgan fingerprint density at radius 3 is 2.64 bits per heavy atom. The zero-order chi connectivity index (χ0) is 23.1. The molecule has 0 spiro atoms. The molecular weight excluding hydrogens is 440 g/mol. The molecule has 3 N–H and O–H groups in total. The molecule has 3 heterocycles. The van der Waals surface area contributed by atoms with Crippen molar-refractivity contribution in [3.8, 4) is 0 Å². The van der Waals surface area contributed by atoms with Gasteiger partial charge >= 0.3 is 6.03 Å². The Kier molecular flexibility index (Phi) is 5.74. The zero-order valence-corrected chi connectivity index (χ0v) is 19.3. The van der Waals surface area contributed by atoms with Gasteiger partial charge in [0.25, 0.3) is 0 Å². The minimum atomic E-state index is -0.240. The number of halogens is 1. The average molecular weight is 467 g/mol. The first-order valence-electron chi connectivity index (χ1n) is 11.1. The van der Waals surface area contributed by atoms with Crippen molar-refractivity contribution in [1.29, 1.82) is 0 Å². The van der Waals surface area contributed by atoms with Gasteiger partial charge in [-0.25, -0.2) is 20.7 Å². The predicted molar refractivity (Wildman–Crippen MR) is 125 cm³/mol. The van der Waals surface area contributed by atoms with Gasteiger partial charge in [0.15, 0.2) is 0 Å². The molecule has 0 aromatic heterocycles. The largest absolute Gasteiger partial charge is 0.350 e. The minimum Gasteiger partial charge on any atom is -0.350 e. The summed E-state index contributed by atoms with van der Waals surface area (Å²) < 4.78 is 0. The van der Waals surface area contributed by atoms with Crippen LogP contribution in [-0.2, 0) is 11.3 Å². The lowest BCUT2D eigenvalue weighted by Crippen LogP contribution is -2.54. The maximum Gasteiger partial charge on any atom is 0.340 e. The Bertz CT molecular complexity index is 1100. The molecule has 8 nitrogen and oxygen atoms in total. The summed E-state index contributed by atoms with van der Waals surface area (Å²) in [6.07, 6.45) is 4.25. The maximum absolute atomic E-state index is 12.9. The van der Waals surface area contributed by atoms with Gasteiger partial charge in [-0.2, -0.15) is 0 Å². The third-order valence-corrected chi connectivity index (χ3v) is 6.82. The summed E-state index contributed by atoms with van der Waals surface area (Å²) >= 11 is 5.90. The smallest absolute Gasteiger partial charge is 0.340 e. The van der Waals surface area contributed by atoms with E-state index in [9.17, 15) is 9.59 Å². The zero-order valence-electron chi connectivity index (χ0n) is 18.6. The summed E-state index contributed by atoms with van der Waals surface area (Å²) in [5.41, 5.74) is 11.5. The van der Waals surface area contributed by atoms with Gasteiger partial charge in [-0.15, -0.1) is 0 Å². The van der Waals surface area contributed by atoms with E-state index >= 15 is 0 Å². The Labute approximate surface area is 198 Å². The van der Waals surface area contributed by atoms with Gasteiger partial charge in [-0.3, -0.25) is 9.69 Å². The molecule has 3 unspecified atom stereocenters. The molecule has 0 bridgehead atoms. The highest BCUT2D eigenvalue weighted by molar-refractivity contribution is 6.30. The number of carbonyl (C=O) groups excluding carboxylic acids is 2. The van der Waals surface area contributed by atoms with E-state index in [0.717, 1.165) is 12.0 Å². The standard InChI is InChI=1S/C24H27ClN6O2/c1-15-3-6-18(11-16(15)2)20-12-21-23-28-31(24(33)29(23)9-10-30(21)27-20)14-22(32)26-13-17-4-7-19(25)8-5-17/h3-11,20-21,23,27-28H,12-14H2,1-2H3,(H,26,32). The van der Waals surface area contributed by atoms with Crippen molar-refractivity contribution in [3.63, 3.8) is 0 Å². The number of fused-ring (bicyclic) bond motifs is 3. The van der Waals surface area contributed by atoms with Gasteiger partial charge in [0.05, 0.1) is 12.1 Å². The van der Waals surface area contributed by atoms with Crippen molar-refractivity contribution >= 4 is 23.5 Å². The van der Waals surface area contributed by atoms with Gasteiger partial charge in [0.2, 0.25) is 5.91 Å². The van der Waals surface area contributed by atoms with Crippen LogP contribution in [0, 0.1) is 13.8 Å². The molecule has 3 atom stereocenters. The highest BCUT2D eigenvalue weighted by Gasteiger charge is 2.48. The van der Waals surface area contributed by atoms with E-state index in [4.69, 9.17) is 11.6 Å². The van der Waals surface area contributed by atoms with Crippen molar-refractivity contribution in [1.82, 2.24) is 31.1 Å². The number of urea groups is 1. The van der Waals surface area contributed by atoms with Crippen LogP contribution >= 0.6 is 11.6 Å². The number of nitrogens with one attached hydrogen (secondary N) is 3. The van der Waals surface area contributed by atoms with Crippen LogP contribution in [0.4, 0.5) is 4.79 Å². The van der Waals surface area contributed by atoms with E-state index in [1.54, 1.807) is 23.2 Å². The number of amides is 3. The second-order valence-corrected chi connectivity index (χ2v) is 9.22. The lowest BCUT2D eigenvalue weighted by Gasteiger charge is -2.34. The summed E-state index contributed by atoms with van der Waals surface area (Å²) in [7, 11) is 0. The van der Waals surface area contributed by atoms with Crippen LogP contribution in [0.25, 0.3) is 0 Å². The van der Waals surface area contributed by atoms with Crippen LogP contribution in [0.3, 0.4) is 0 Å². The summed E-state index contributed by atoms with van der Waals surface area (Å²) in [5, 5.41) is 6.96. The monoisotopic (exact) mass is 466 g/mol. The van der Waals surface area contributed by atoms with E-state index < -0.39 is 0 Å². The van der Waals surface area contributed by atoms with Crippen molar-refractivity contribution in [2.45, 2.75) is 45.1 Å². The Morgan fingerprint density at radius 1 is 1.09 bits per heavy atom. The van der Waals surface area contributed by atoms with Crippen molar-refractivity contribution in [2.24, 2.45) is 0 Å². The number of nitrogens with zero attached hydrogens (tertiary/aromatic N) is 3. The molecule has 2 aromatic rings. The fraction of sp³-hybridized carbons (Fsp3) is 0.333. The normalized spacial score (nSPS) is 23.7. The lowest BCUT2D eigenvalue weighted by molar-refractivity contribution is -0.122. The van der Waals surface area contributed by atoms with Gasteiger partial charge in [-0.1, -0.05) is 41.9 Å². The van der Waals surface area contributed by atoms with Crippen LogP contribution in [0.2, 0.25) is 5.02 Å². The van der Waals surface area contributed by atoms with E-state index in [-0.39, 0.29) is 36.7 Å². The van der Waals surface area contributed by atoms with Gasteiger partial charge in [-0.05, 0) is 54.7 Å². The van der Waals surface area contributed by atoms with Crippen molar-refractivity contribution < 1.29 is 9.59 Å². The minimum absolute atomic E-state index is 0.0488. The predicted octanol–water partition coefficient (Wildman–Crippen LogP) is 2.95. The van der Waals surface area contributed by atoms with Crippen molar-refractivity contribution in [2.75, 3.05) is 6.54 Å². The Morgan fingerprint density at radius 2 is 1.88 bits per heavy atom. The molecule has 9 heteroatoms. The fourth-order valence-electron chi connectivity index (χ4n) is 4.53. The number of carbonyl (C=O) groups is 2. The topological polar surface area (TPSA) is 80.0 Å². The van der Waals surface area contributed by atoms with Crippen LogP contribution in [0.1, 0.15) is 34.7 Å². The second kappa shape index (κ2) is 8.70. The molecule has 3 amide bonds. The summed E-state index contributed by atoms with van der Waals surface area (Å²) in [6.45, 7) is 4.55. The maximum atomic E-state index is 12.9. The molecule has 33 heavy (non-hydrogen) atoms. The molecule has 3 aliphatic rings. The van der Waals surface area contributed by atoms with E-state index in [0.29, 0.717) is 11.6 Å². The fourth-order valence-corrected chi connectivity index (χ4v) is 4.66. The van der Waals surface area contributed by atoms with Crippen LogP contribution in [0.15, 0.2) is 54.9 Å². The molecule has 2 saturated heterocycles. The number of hydrogen-bond donors (Lipinski definition) is 3. The average Bonchev–Trinajstić information content (AvgIpc) is 3.37. The van der Waals surface area contributed by atoms with E-state index in [1.807, 2.05) is 18.3 Å². The van der Waals surface area contributed by atoms with Gasteiger partial charge in [0, 0.05) is 24.0 Å². The molecule has 0 saturated carbocycles. The highest BCUT2D eigenvalue weighted by atomic mass is 35.5. The molecule has 3 aliphatic heterocycles. The first-order chi connectivity index (χ1) is 15.9. The number of hydrazine groups is 2. The lowest BCUT2D eigenvalue weighted by atomic mass is 9.97. The highest BCUT2D eigenvalue weighted by Crippen LogP contribution is 2.35. The summed E-state index contributed by atoms with van der Waals surface area (Å²) in [4.78, 5) is 27.1. The molecular formula is C24H27ClN6O2. The first kappa shape index (κ1) is 21.8. The van der Waals surface area contributed by atoms with Crippen molar-refractivity contribution in [3.05, 3.63) is 82.1 Å². The Balaban J connectivity index is 1.21. The van der Waals surface area contributed by atoms with Crippen LogP contribution in [-0.4, -0.2) is 45.6 Å². The number of aryl methyl sites for hydroxylation is 2. The summed E-state index contributed by atoms with van der Waals surface area (Å²) in [5.74, 6) is -0.232. The molecule has 5 rings (SSSR count). The van der Waals surface area contributed by atoms with Gasteiger partial charge in [0.1, 0.15) is 12.7 Å². The SMILES string of the molecule is Cc1ccc(C2CC3C4NN(CC(=O)NCc5ccc(Cl)cc5)C(=O)N4C=CN3N2)cc1C. The quantitative estimate of drug-likeness (QED) is 0.631. The Hall–Kier alpha value is -3.07. The summed E-state index contributed by atoms with van der Waals surface area (Å²) in [6, 6.07) is 13.8. The number of benzene rings is 2. The molecule has 0 radical (unpaired) electrons. The first-order valence-corrected chi connectivity index (χ1v) is 11.4. The van der Waals surface area contributed by atoms with Gasteiger partial charge < -0.3 is 10.3 Å². The molecule has 172 valence electrons. The molecule has 0 aliphatic carbocycles. The molecule has 2 fully saturated rings. The third kappa shape index (κ3) is 4.29. The second-order valence-electron chi connectivity index (χ2n) is 8.79. The van der Waals surface area contributed by atoms with E-state index in [1.165, 1.54) is 21.7 Å². The third-order valence-electron chi connectivity index (χ3n) is 6.57. The number of rotatable bonds is 5. The molecule has 2 aromatic carbocycles. The number of hydrogen-bond acceptors (Lipinski definition) is 5. The van der Waals surface area contributed by atoms with E-state index in [2.05, 4.69) is 53.2 Å². The van der Waals surface area contributed by atoms with Crippen LogP contribution in [0.5, 0.6) is 0 Å². The van der Waals surface area contributed by atoms with Crippen LogP contribution < -0.4 is 16.2 Å².